The summed E-state index contributed by atoms with van der Waals surface area (Å²) >= 11 is 0. The standard InChI is InChI=1S/C23H38N6.2C4H4O4/c1-20-8-6-9-21(2)29(20)13-7-12-27-16-17-28(23(27)22(18-24)19-25)15-14-26-10-4-3-5-11-26;2*5-3(6)1-2-4(7)8/h20-21H,3-17H2,1-2H3;2*1-2H,(H,5,6)(H,7,8)/t20-,21+;;. The van der Waals surface area contributed by atoms with E-state index in [0.29, 0.717) is 36.4 Å². The fourth-order valence-electron chi connectivity index (χ4n) is 5.62. The lowest BCUT2D eigenvalue weighted by Gasteiger charge is -2.39. The van der Waals surface area contributed by atoms with Crippen LogP contribution in [0.5, 0.6) is 0 Å². The molecule has 14 heteroatoms. The Hall–Kier alpha value is -4.40. The second kappa shape index (κ2) is 21.3. The number of hydrogen-bond acceptors (Lipinski definition) is 10. The SMILES string of the molecule is C[C@@H]1CCC[C@H](C)N1CCCN1CCN(CCN2CCCCC2)C1=C(C#N)C#N.O=C(O)C=CC(=O)O.O=C(O)C=CC(=O)O. The molecule has 2 atom stereocenters. The van der Waals surface area contributed by atoms with Crippen LogP contribution in [0.15, 0.2) is 35.7 Å². The van der Waals surface area contributed by atoms with Crippen molar-refractivity contribution in [3.63, 3.8) is 0 Å². The van der Waals surface area contributed by atoms with Gasteiger partial charge >= 0.3 is 23.9 Å². The Balaban J connectivity index is 0.000000521. The smallest absolute Gasteiger partial charge is 0.328 e. The van der Waals surface area contributed by atoms with Gasteiger partial charge in [-0.25, -0.2) is 19.2 Å². The molecule has 0 aromatic heterocycles. The van der Waals surface area contributed by atoms with Crippen LogP contribution in [0.4, 0.5) is 0 Å². The summed E-state index contributed by atoms with van der Waals surface area (Å²) in [5.74, 6) is -4.15. The molecule has 0 spiro atoms. The first-order valence-corrected chi connectivity index (χ1v) is 15.2. The van der Waals surface area contributed by atoms with Crippen LogP contribution in [-0.2, 0) is 19.2 Å². The molecule has 0 aromatic carbocycles. The van der Waals surface area contributed by atoms with Crippen molar-refractivity contribution in [2.45, 2.75) is 70.9 Å². The number of carbonyl (C=O) groups is 4. The Morgan fingerprint density at radius 3 is 1.53 bits per heavy atom. The van der Waals surface area contributed by atoms with E-state index in [9.17, 15) is 29.7 Å². The molecule has 0 unspecified atom stereocenters. The van der Waals surface area contributed by atoms with Crippen molar-refractivity contribution < 1.29 is 39.6 Å². The van der Waals surface area contributed by atoms with Gasteiger partial charge in [-0.1, -0.05) is 12.8 Å². The molecule has 3 aliphatic heterocycles. The molecule has 14 nitrogen and oxygen atoms in total. The normalized spacial score (nSPS) is 20.4. The van der Waals surface area contributed by atoms with Gasteiger partial charge in [0.15, 0.2) is 5.57 Å². The number of nitrogens with zero attached hydrogens (tertiary/aromatic N) is 6. The summed E-state index contributed by atoms with van der Waals surface area (Å²) in [6, 6.07) is 5.65. The number of hydrogen-bond donors (Lipinski definition) is 4. The molecular weight excluding hydrogens is 584 g/mol. The topological polar surface area (TPSA) is 210 Å². The first-order valence-electron chi connectivity index (χ1n) is 15.2. The van der Waals surface area contributed by atoms with E-state index in [1.165, 1.54) is 51.6 Å². The molecule has 0 saturated carbocycles. The molecule has 0 bridgehead atoms. The number of nitriles is 2. The Labute approximate surface area is 264 Å². The number of aliphatic carboxylic acids is 4. The highest BCUT2D eigenvalue weighted by molar-refractivity contribution is 5.90. The highest BCUT2D eigenvalue weighted by Crippen LogP contribution is 2.25. The van der Waals surface area contributed by atoms with Crippen LogP contribution >= 0.6 is 0 Å². The van der Waals surface area contributed by atoms with Crippen molar-refractivity contribution in [2.75, 3.05) is 52.4 Å². The molecule has 3 aliphatic rings. The summed E-state index contributed by atoms with van der Waals surface area (Å²) in [6.45, 7) is 12.9. The molecule has 3 saturated heterocycles. The predicted molar refractivity (Wildman–Crippen MR) is 165 cm³/mol. The van der Waals surface area contributed by atoms with Gasteiger partial charge in [-0.05, 0) is 59.0 Å². The minimum absolute atomic E-state index is 0.279. The van der Waals surface area contributed by atoms with Crippen LogP contribution in [0.25, 0.3) is 0 Å². The summed E-state index contributed by atoms with van der Waals surface area (Å²) in [5, 5.41) is 50.3. The quantitative estimate of drug-likeness (QED) is 0.191. The van der Waals surface area contributed by atoms with E-state index in [-0.39, 0.29) is 5.57 Å². The number of carboxylic acid groups (broad SMARTS) is 4. The molecule has 3 rings (SSSR count). The molecule has 45 heavy (non-hydrogen) atoms. The highest BCUT2D eigenvalue weighted by atomic mass is 16.4. The van der Waals surface area contributed by atoms with Gasteiger partial charge in [0.2, 0.25) is 0 Å². The maximum Gasteiger partial charge on any atom is 0.328 e. The average Bonchev–Trinajstić information content (AvgIpc) is 3.39. The minimum Gasteiger partial charge on any atom is -0.478 e. The van der Waals surface area contributed by atoms with E-state index < -0.39 is 23.9 Å². The summed E-state index contributed by atoms with van der Waals surface area (Å²) < 4.78 is 0. The van der Waals surface area contributed by atoms with Crippen LogP contribution in [0.1, 0.15) is 58.8 Å². The number of rotatable bonds is 11. The van der Waals surface area contributed by atoms with E-state index >= 15 is 0 Å². The average molecular weight is 631 g/mol. The first kappa shape index (κ1) is 38.6. The molecule has 3 fully saturated rings. The Morgan fingerprint density at radius 1 is 0.667 bits per heavy atom. The molecule has 0 radical (unpaired) electrons. The summed E-state index contributed by atoms with van der Waals surface area (Å²) in [4.78, 5) is 48.0. The zero-order chi connectivity index (χ0) is 33.8. The third-order valence-electron chi connectivity index (χ3n) is 7.78. The molecule has 0 amide bonds. The van der Waals surface area contributed by atoms with Crippen LogP contribution < -0.4 is 0 Å². The highest BCUT2D eigenvalue weighted by Gasteiger charge is 2.29. The number of allylic oxidation sites excluding steroid dienone is 1. The third-order valence-corrected chi connectivity index (χ3v) is 7.78. The largest absolute Gasteiger partial charge is 0.478 e. The van der Waals surface area contributed by atoms with Crippen molar-refractivity contribution in [3.05, 3.63) is 35.7 Å². The van der Waals surface area contributed by atoms with E-state index in [1.54, 1.807) is 0 Å². The summed E-state index contributed by atoms with van der Waals surface area (Å²) in [6.07, 6.45) is 11.2. The minimum atomic E-state index is -1.26. The lowest BCUT2D eigenvalue weighted by Crippen LogP contribution is -2.44. The fourth-order valence-corrected chi connectivity index (χ4v) is 5.62. The van der Waals surface area contributed by atoms with E-state index in [2.05, 4.69) is 45.6 Å². The van der Waals surface area contributed by atoms with Crippen molar-refractivity contribution in [1.29, 1.82) is 10.5 Å². The number of carboxylic acids is 4. The van der Waals surface area contributed by atoms with Crippen LogP contribution in [0, 0.1) is 22.7 Å². The van der Waals surface area contributed by atoms with Crippen LogP contribution in [-0.4, -0.2) is 128 Å². The Bertz CT molecular complexity index is 1070. The zero-order valence-electron chi connectivity index (χ0n) is 26.2. The summed E-state index contributed by atoms with van der Waals surface area (Å²) in [5.41, 5.74) is 0.279. The van der Waals surface area contributed by atoms with Gasteiger partial charge in [0.05, 0.1) is 0 Å². The fraction of sp³-hybridized carbons (Fsp3) is 0.613. The second-order valence-electron chi connectivity index (χ2n) is 11.0. The predicted octanol–water partition coefficient (Wildman–Crippen LogP) is 2.43. The van der Waals surface area contributed by atoms with Gasteiger partial charge in [-0.3, -0.25) is 4.90 Å². The van der Waals surface area contributed by atoms with Crippen LogP contribution in [0.3, 0.4) is 0 Å². The molecular formula is C31H46N6O8. The third kappa shape index (κ3) is 15.8. The molecule has 4 N–H and O–H groups in total. The Morgan fingerprint density at radius 2 is 1.11 bits per heavy atom. The number of likely N-dealkylation sites (tertiary alicyclic amines) is 2. The number of piperidine rings is 2. The van der Waals surface area contributed by atoms with E-state index in [0.717, 1.165) is 51.5 Å². The van der Waals surface area contributed by atoms with Gasteiger partial charge in [0, 0.05) is 75.7 Å². The van der Waals surface area contributed by atoms with Crippen molar-refractivity contribution >= 4 is 23.9 Å². The van der Waals surface area contributed by atoms with Gasteiger partial charge in [-0.2, -0.15) is 10.5 Å². The maximum atomic E-state index is 9.55. The van der Waals surface area contributed by atoms with Gasteiger partial charge in [0.1, 0.15) is 18.0 Å². The van der Waals surface area contributed by atoms with Gasteiger partial charge in [0.25, 0.3) is 0 Å². The maximum absolute atomic E-state index is 9.55. The molecule has 0 aliphatic carbocycles. The first-order chi connectivity index (χ1) is 21.4. The molecule has 0 aromatic rings. The van der Waals surface area contributed by atoms with Crippen LogP contribution in [0.2, 0.25) is 0 Å². The van der Waals surface area contributed by atoms with E-state index in [4.69, 9.17) is 20.4 Å². The van der Waals surface area contributed by atoms with Gasteiger partial charge in [-0.15, -0.1) is 0 Å². The molecule has 3 heterocycles. The Kier molecular flexibility index (Phi) is 18.3. The van der Waals surface area contributed by atoms with Crippen molar-refractivity contribution in [2.24, 2.45) is 0 Å². The van der Waals surface area contributed by atoms with Crippen molar-refractivity contribution in [3.8, 4) is 12.1 Å². The monoisotopic (exact) mass is 630 g/mol. The summed E-state index contributed by atoms with van der Waals surface area (Å²) in [7, 11) is 0. The second-order valence-corrected chi connectivity index (χ2v) is 11.0. The van der Waals surface area contributed by atoms with E-state index in [1.807, 2.05) is 0 Å². The zero-order valence-corrected chi connectivity index (χ0v) is 26.2. The molecule has 248 valence electrons. The van der Waals surface area contributed by atoms with Gasteiger partial charge < -0.3 is 35.1 Å². The van der Waals surface area contributed by atoms with Crippen molar-refractivity contribution in [1.82, 2.24) is 19.6 Å². The lowest BCUT2D eigenvalue weighted by molar-refractivity contribution is -0.134. The lowest BCUT2D eigenvalue weighted by atomic mass is 9.97.